The van der Waals surface area contributed by atoms with Crippen molar-refractivity contribution in [1.29, 1.82) is 0 Å². The number of nitrogens with one attached hydrogen (secondary N) is 2. The fraction of sp³-hybridized carbons (Fsp3) is 0.886. The highest BCUT2D eigenvalue weighted by molar-refractivity contribution is 5.85. The predicted octanol–water partition coefficient (Wildman–Crippen LogP) is 7.39. The van der Waals surface area contributed by atoms with Crippen LogP contribution in [0.2, 0.25) is 0 Å². The lowest BCUT2D eigenvalue weighted by Gasteiger charge is -2.56. The van der Waals surface area contributed by atoms with Gasteiger partial charge in [-0.3, -0.25) is 4.79 Å². The van der Waals surface area contributed by atoms with E-state index in [2.05, 4.69) is 65.9 Å². The van der Waals surface area contributed by atoms with Crippen LogP contribution in [0.1, 0.15) is 131 Å². The summed E-state index contributed by atoms with van der Waals surface area (Å²) in [6.45, 7) is 20.1. The second kappa shape index (κ2) is 19.0. The lowest BCUT2D eigenvalue weighted by Crippen LogP contribution is -2.53. The van der Waals surface area contributed by atoms with Crippen LogP contribution in [-0.2, 0) is 4.79 Å². The number of halogens is 1. The third kappa shape index (κ3) is 9.59. The Kier molecular flexibility index (Phi) is 16.6. The summed E-state index contributed by atoms with van der Waals surface area (Å²) >= 11 is 0. The van der Waals surface area contributed by atoms with Crippen molar-refractivity contribution < 1.29 is 30.3 Å². The van der Waals surface area contributed by atoms with Gasteiger partial charge in [0.15, 0.2) is 0 Å². The molecule has 12 atom stereocenters. The van der Waals surface area contributed by atoms with Gasteiger partial charge >= 0.3 is 0 Å². The lowest BCUT2D eigenvalue weighted by atomic mass is 9.49. The SMILES string of the molecule is C=C1CC[C@H]2[C@H](CNC)[C@@H]([C@@]3(C)CC[C@H](O)C[C@@H]3CO)CC[C@]12C.CC(=O)O.CNC[C@H]1C2=C(CC[C@@H]1[C@@]1(C)CC[C@H](O)C[C@@H]1CO)C(C)(C)CC2.Cl. The summed E-state index contributed by atoms with van der Waals surface area (Å²) in [4.78, 5) is 9.00. The van der Waals surface area contributed by atoms with Gasteiger partial charge < -0.3 is 36.2 Å². The summed E-state index contributed by atoms with van der Waals surface area (Å²) in [6.07, 6.45) is 15.0. The number of aliphatic carboxylic acids is 1. The smallest absolute Gasteiger partial charge is 0.300 e. The number of carboxylic acids is 1. The van der Waals surface area contributed by atoms with E-state index in [9.17, 15) is 20.4 Å². The van der Waals surface area contributed by atoms with Crippen LogP contribution in [0.3, 0.4) is 0 Å². The average Bonchev–Trinajstić information content (AvgIpc) is 3.58. The van der Waals surface area contributed by atoms with Gasteiger partial charge in [0.25, 0.3) is 5.97 Å². The van der Waals surface area contributed by atoms with Crippen molar-refractivity contribution in [3.8, 4) is 0 Å². The Morgan fingerprint density at radius 2 is 1.25 bits per heavy atom. The zero-order valence-corrected chi connectivity index (χ0v) is 35.5. The summed E-state index contributed by atoms with van der Waals surface area (Å²) in [5, 5.41) is 54.6. The molecule has 308 valence electrons. The Bertz CT molecular complexity index is 1250. The molecule has 0 amide bonds. The molecule has 0 aromatic carbocycles. The van der Waals surface area contributed by atoms with E-state index < -0.39 is 5.97 Å². The number of carbonyl (C=O) groups is 1. The van der Waals surface area contributed by atoms with E-state index in [1.165, 1.54) is 56.9 Å². The highest BCUT2D eigenvalue weighted by Crippen LogP contribution is 2.63. The number of aliphatic hydroxyl groups is 4. The molecule has 0 spiro atoms. The maximum absolute atomic E-state index is 10.1. The second-order valence-corrected chi connectivity index (χ2v) is 19.4. The average molecular weight is 768 g/mol. The number of aliphatic hydroxyl groups excluding tert-OH is 4. The summed E-state index contributed by atoms with van der Waals surface area (Å²) < 4.78 is 0. The Labute approximate surface area is 328 Å². The number of rotatable bonds is 8. The van der Waals surface area contributed by atoms with Gasteiger partial charge in [-0.25, -0.2) is 0 Å². The molecule has 53 heavy (non-hydrogen) atoms. The highest BCUT2D eigenvalue weighted by Gasteiger charge is 2.56. The minimum Gasteiger partial charge on any atom is -0.481 e. The molecule has 4 saturated carbocycles. The molecule has 7 N–H and O–H groups in total. The maximum Gasteiger partial charge on any atom is 0.300 e. The third-order valence-corrected chi connectivity index (χ3v) is 16.3. The lowest BCUT2D eigenvalue weighted by molar-refractivity contribution is -0.134. The van der Waals surface area contributed by atoms with Crippen molar-refractivity contribution in [2.75, 3.05) is 40.4 Å². The largest absolute Gasteiger partial charge is 0.481 e. The van der Waals surface area contributed by atoms with Gasteiger partial charge in [-0.05, 0) is 174 Å². The van der Waals surface area contributed by atoms with Crippen molar-refractivity contribution in [2.24, 2.45) is 63.1 Å². The first-order valence-corrected chi connectivity index (χ1v) is 20.9. The Morgan fingerprint density at radius 3 is 1.75 bits per heavy atom. The standard InChI is InChI=1S/2C21H37NO2.C2H4O2.ClH/c1-20(2)9-8-16-17(12-22-4)19(6-5-18(16)20)21(3)10-7-15(24)11-14(21)13-23;1-14-5-6-18-17(12-22-4)19(8-10-20(14,18)2)21(3)9-7-16(24)11-15(21)13-23;1-2(3)4;/h14-15,17,19,22-24H,5-13H2,1-4H3;15-19,22-24H,1,5-13H2,2-4H3;1H3,(H,3,4);1H/t14-,15+,17+,19+,21+;15-,16+,17+,18+,19+,20-,21+;;/m11../s1. The Hall–Kier alpha value is -1.00. The fourth-order valence-corrected chi connectivity index (χ4v) is 13.0. The summed E-state index contributed by atoms with van der Waals surface area (Å²) in [7, 11) is 4.14. The van der Waals surface area contributed by atoms with E-state index in [1.54, 1.807) is 11.1 Å². The van der Waals surface area contributed by atoms with E-state index in [0.717, 1.165) is 64.5 Å². The number of hydrogen-bond acceptors (Lipinski definition) is 7. The van der Waals surface area contributed by atoms with E-state index in [-0.39, 0.29) is 60.5 Å². The Balaban J connectivity index is 0.000000255. The van der Waals surface area contributed by atoms with Crippen molar-refractivity contribution in [2.45, 2.75) is 144 Å². The summed E-state index contributed by atoms with van der Waals surface area (Å²) in [6, 6.07) is 0. The minimum absolute atomic E-state index is 0. The van der Waals surface area contributed by atoms with E-state index >= 15 is 0 Å². The molecule has 6 aliphatic rings. The molecule has 0 bridgehead atoms. The van der Waals surface area contributed by atoms with Crippen LogP contribution < -0.4 is 10.6 Å². The predicted molar refractivity (Wildman–Crippen MR) is 218 cm³/mol. The van der Waals surface area contributed by atoms with Crippen LogP contribution in [0, 0.1) is 63.1 Å². The van der Waals surface area contributed by atoms with Crippen LogP contribution in [0.25, 0.3) is 0 Å². The molecule has 4 fully saturated rings. The van der Waals surface area contributed by atoms with Crippen LogP contribution in [0.4, 0.5) is 0 Å². The molecule has 0 radical (unpaired) electrons. The molecule has 9 heteroatoms. The first-order chi connectivity index (χ1) is 24.4. The van der Waals surface area contributed by atoms with Gasteiger partial charge in [0.05, 0.1) is 12.2 Å². The number of carboxylic acid groups (broad SMARTS) is 1. The van der Waals surface area contributed by atoms with E-state index in [4.69, 9.17) is 9.90 Å². The van der Waals surface area contributed by atoms with Crippen LogP contribution in [0.5, 0.6) is 0 Å². The number of hydrogen-bond donors (Lipinski definition) is 7. The van der Waals surface area contributed by atoms with Crippen molar-refractivity contribution in [3.63, 3.8) is 0 Å². The van der Waals surface area contributed by atoms with Crippen molar-refractivity contribution >= 4 is 18.4 Å². The zero-order chi connectivity index (χ0) is 38.6. The maximum atomic E-state index is 10.1. The minimum atomic E-state index is -0.833. The molecule has 8 nitrogen and oxygen atoms in total. The first kappa shape index (κ1) is 46.4. The quantitative estimate of drug-likeness (QED) is 0.127. The monoisotopic (exact) mass is 767 g/mol. The normalized spacial score (nSPS) is 41.9. The second-order valence-electron chi connectivity index (χ2n) is 19.4. The molecule has 0 saturated heterocycles. The molecular weight excluding hydrogens is 688 g/mol. The Morgan fingerprint density at radius 1 is 0.736 bits per heavy atom. The van der Waals surface area contributed by atoms with Crippen LogP contribution in [0.15, 0.2) is 23.3 Å². The summed E-state index contributed by atoms with van der Waals surface area (Å²) in [5.41, 5.74) is 5.94. The molecule has 0 aromatic rings. The topological polar surface area (TPSA) is 142 Å². The molecule has 6 aliphatic carbocycles. The molecular formula is C44H79ClN2O6. The van der Waals surface area contributed by atoms with Crippen LogP contribution >= 0.6 is 12.4 Å². The van der Waals surface area contributed by atoms with Gasteiger partial charge in [-0.15, -0.1) is 12.4 Å². The number of fused-ring (bicyclic) bond motifs is 1. The molecule has 0 unspecified atom stereocenters. The van der Waals surface area contributed by atoms with Gasteiger partial charge in [0.1, 0.15) is 0 Å². The molecule has 0 heterocycles. The molecule has 6 rings (SSSR count). The van der Waals surface area contributed by atoms with E-state index in [1.807, 2.05) is 0 Å². The van der Waals surface area contributed by atoms with Crippen molar-refractivity contribution in [3.05, 3.63) is 23.3 Å². The molecule has 0 aliphatic heterocycles. The third-order valence-electron chi connectivity index (χ3n) is 16.3. The van der Waals surface area contributed by atoms with Crippen molar-refractivity contribution in [1.82, 2.24) is 10.6 Å². The number of allylic oxidation sites excluding steroid dienone is 2. The summed E-state index contributed by atoms with van der Waals surface area (Å²) in [5.74, 6) is 2.89. The highest BCUT2D eigenvalue weighted by atomic mass is 35.5. The fourth-order valence-electron chi connectivity index (χ4n) is 13.0. The first-order valence-electron chi connectivity index (χ1n) is 20.9. The van der Waals surface area contributed by atoms with Crippen LogP contribution in [-0.4, -0.2) is 84.1 Å². The van der Waals surface area contributed by atoms with Gasteiger partial charge in [-0.2, -0.15) is 0 Å². The van der Waals surface area contributed by atoms with Gasteiger partial charge in [0.2, 0.25) is 0 Å². The van der Waals surface area contributed by atoms with Gasteiger partial charge in [-0.1, -0.05) is 57.9 Å². The van der Waals surface area contributed by atoms with Gasteiger partial charge in [0, 0.05) is 26.7 Å². The zero-order valence-electron chi connectivity index (χ0n) is 34.7. The molecule has 0 aromatic heterocycles. The van der Waals surface area contributed by atoms with E-state index in [0.29, 0.717) is 34.5 Å².